The van der Waals surface area contributed by atoms with E-state index in [1.165, 1.54) is 0 Å². The Labute approximate surface area is 109 Å². The van der Waals surface area contributed by atoms with Gasteiger partial charge in [-0.05, 0) is 37.0 Å². The molecule has 0 spiro atoms. The fourth-order valence-corrected chi connectivity index (χ4v) is 3.29. The molecule has 5 unspecified atom stereocenters. The molecule has 0 aromatic rings. The zero-order valence-corrected chi connectivity index (χ0v) is 10.7. The number of esters is 1. The molecule has 3 N–H and O–H groups in total. The maximum atomic E-state index is 13.1. The molecule has 7 nitrogen and oxygen atoms in total. The summed E-state index contributed by atoms with van der Waals surface area (Å²) in [5.74, 6) is -1.98. The molecule has 2 fully saturated rings. The molecule has 0 radical (unpaired) electrons. The molecule has 2 aliphatic rings. The van der Waals surface area contributed by atoms with Crippen LogP contribution in [0.2, 0.25) is 0 Å². The second-order valence-corrected chi connectivity index (χ2v) is 6.69. The van der Waals surface area contributed by atoms with Crippen molar-refractivity contribution in [2.75, 3.05) is 6.61 Å². The van der Waals surface area contributed by atoms with E-state index in [4.69, 9.17) is 9.66 Å². The van der Waals surface area contributed by atoms with Gasteiger partial charge in [-0.2, -0.15) is 12.8 Å². The lowest BCUT2D eigenvalue weighted by Crippen LogP contribution is -2.44. The van der Waals surface area contributed by atoms with Gasteiger partial charge in [0.25, 0.3) is 0 Å². The predicted octanol–water partition coefficient (Wildman–Crippen LogP) is -0.560. The molecule has 2 saturated carbocycles. The summed E-state index contributed by atoms with van der Waals surface area (Å²) in [6, 6.07) is 0. The molecule has 0 aromatic heterocycles. The minimum atomic E-state index is -5.60. The summed E-state index contributed by atoms with van der Waals surface area (Å²) in [5.41, 5.74) is 0. The third-order valence-corrected chi connectivity index (χ3v) is 4.79. The number of ether oxygens (including phenoxy) is 1. The number of halogens is 1. The van der Waals surface area contributed by atoms with Gasteiger partial charge in [0.15, 0.2) is 0 Å². The van der Waals surface area contributed by atoms with Crippen molar-refractivity contribution in [1.82, 2.24) is 0 Å². The highest BCUT2D eigenvalue weighted by molar-refractivity contribution is 7.87. The first kappa shape index (κ1) is 14.6. The lowest BCUT2D eigenvalue weighted by Gasteiger charge is -2.26. The molecule has 0 heterocycles. The van der Waals surface area contributed by atoms with Gasteiger partial charge in [0.05, 0.1) is 12.7 Å². The Balaban J connectivity index is 1.92. The summed E-state index contributed by atoms with van der Waals surface area (Å²) in [7, 11) is -5.60. The van der Waals surface area contributed by atoms with E-state index in [1.54, 1.807) is 0 Å². The van der Waals surface area contributed by atoms with E-state index in [0.29, 0.717) is 18.8 Å². The molecule has 110 valence electrons. The van der Waals surface area contributed by atoms with Crippen molar-refractivity contribution in [3.8, 4) is 0 Å². The van der Waals surface area contributed by atoms with Gasteiger partial charge < -0.3 is 14.9 Å². The predicted molar refractivity (Wildman–Crippen MR) is 58.9 cm³/mol. The van der Waals surface area contributed by atoms with Crippen molar-refractivity contribution in [2.45, 2.75) is 30.6 Å². The molecule has 19 heavy (non-hydrogen) atoms. The summed E-state index contributed by atoms with van der Waals surface area (Å²) < 4.78 is 46.8. The summed E-state index contributed by atoms with van der Waals surface area (Å²) >= 11 is 0. The Hall–Kier alpha value is -0.770. The Kier molecular flexibility index (Phi) is 3.58. The lowest BCUT2D eigenvalue weighted by molar-refractivity contribution is -0.173. The average molecular weight is 298 g/mol. The summed E-state index contributed by atoms with van der Waals surface area (Å²) in [6.45, 7) is -0.293. The monoisotopic (exact) mass is 298 g/mol. The lowest BCUT2D eigenvalue weighted by atomic mass is 9.87. The van der Waals surface area contributed by atoms with Gasteiger partial charge in [-0.25, -0.2) is 4.79 Å². The van der Waals surface area contributed by atoms with Crippen LogP contribution in [0, 0.1) is 17.8 Å². The van der Waals surface area contributed by atoms with Crippen LogP contribution < -0.4 is 0 Å². The van der Waals surface area contributed by atoms with E-state index in [0.717, 1.165) is 6.42 Å². The number of carbonyl (C=O) groups is 1. The molecule has 5 atom stereocenters. The molecule has 0 saturated heterocycles. The highest BCUT2D eigenvalue weighted by Gasteiger charge is 2.52. The summed E-state index contributed by atoms with van der Waals surface area (Å²) in [4.78, 5) is 11.1. The van der Waals surface area contributed by atoms with Gasteiger partial charge in [-0.15, -0.1) is 0 Å². The molecule has 2 bridgehead atoms. The van der Waals surface area contributed by atoms with Crippen LogP contribution in [0.1, 0.15) is 19.3 Å². The van der Waals surface area contributed by atoms with Crippen molar-refractivity contribution in [3.05, 3.63) is 0 Å². The maximum absolute atomic E-state index is 13.1. The summed E-state index contributed by atoms with van der Waals surface area (Å²) in [5, 5.41) is 13.9. The number of carbonyl (C=O) groups excluding carboxylic acids is 1. The molecule has 2 aliphatic carbocycles. The molecule has 0 aromatic carbocycles. The van der Waals surface area contributed by atoms with Crippen molar-refractivity contribution in [1.29, 1.82) is 0 Å². The van der Waals surface area contributed by atoms with Crippen molar-refractivity contribution in [3.63, 3.8) is 0 Å². The zero-order valence-electron chi connectivity index (χ0n) is 9.90. The van der Waals surface area contributed by atoms with Gasteiger partial charge in [0.1, 0.15) is 0 Å². The second-order valence-electron chi connectivity index (χ2n) is 5.20. The van der Waals surface area contributed by atoms with Crippen LogP contribution in [0.15, 0.2) is 0 Å². The minimum absolute atomic E-state index is 0.0590. The van der Waals surface area contributed by atoms with Crippen molar-refractivity contribution < 1.29 is 37.1 Å². The van der Waals surface area contributed by atoms with Crippen molar-refractivity contribution in [2.24, 2.45) is 17.8 Å². The van der Waals surface area contributed by atoms with Gasteiger partial charge >= 0.3 is 21.3 Å². The molecular weight excluding hydrogens is 283 g/mol. The Bertz CT molecular complexity index is 474. The SMILES string of the molecule is O=C(OCC1CC2CC(O)C1C2)C(O)(F)S(=O)(=O)O. The van der Waals surface area contributed by atoms with E-state index < -0.39 is 27.4 Å². The molecule has 0 amide bonds. The Morgan fingerprint density at radius 2 is 2.00 bits per heavy atom. The van der Waals surface area contributed by atoms with Crippen LogP contribution in [0.5, 0.6) is 0 Å². The van der Waals surface area contributed by atoms with Crippen molar-refractivity contribution >= 4 is 16.1 Å². The molecule has 9 heteroatoms. The first-order chi connectivity index (χ1) is 8.63. The van der Waals surface area contributed by atoms with E-state index in [2.05, 4.69) is 4.74 Å². The highest BCUT2D eigenvalue weighted by atomic mass is 32.2. The summed E-state index contributed by atoms with van der Waals surface area (Å²) in [6.07, 6.45) is 1.69. The van der Waals surface area contributed by atoms with Crippen LogP contribution >= 0.6 is 0 Å². The van der Waals surface area contributed by atoms with Crippen LogP contribution in [0.25, 0.3) is 0 Å². The van der Waals surface area contributed by atoms with Gasteiger partial charge in [0.2, 0.25) is 0 Å². The molecular formula is C10H15FO7S. The first-order valence-corrected chi connectivity index (χ1v) is 7.30. The fraction of sp³-hybridized carbons (Fsp3) is 0.900. The normalized spacial score (nSPS) is 37.1. The van der Waals surface area contributed by atoms with Gasteiger partial charge in [-0.1, -0.05) is 0 Å². The maximum Gasteiger partial charge on any atom is 0.431 e. The van der Waals surface area contributed by atoms with Gasteiger partial charge in [0, 0.05) is 0 Å². The first-order valence-electron chi connectivity index (χ1n) is 5.86. The molecule has 0 aliphatic heterocycles. The number of hydrogen-bond acceptors (Lipinski definition) is 6. The largest absolute Gasteiger partial charge is 0.460 e. The van der Waals surface area contributed by atoms with Crippen LogP contribution in [0.4, 0.5) is 4.39 Å². The van der Waals surface area contributed by atoms with E-state index >= 15 is 0 Å². The quantitative estimate of drug-likeness (QED) is 0.470. The van der Waals surface area contributed by atoms with Crippen LogP contribution in [-0.2, 0) is 19.6 Å². The zero-order chi connectivity index (χ0) is 14.4. The minimum Gasteiger partial charge on any atom is -0.460 e. The number of fused-ring (bicyclic) bond motifs is 2. The highest BCUT2D eigenvalue weighted by Crippen LogP contribution is 2.48. The third kappa shape index (κ3) is 2.60. The Morgan fingerprint density at radius 3 is 2.47 bits per heavy atom. The third-order valence-electron chi connectivity index (χ3n) is 3.94. The van der Waals surface area contributed by atoms with Crippen LogP contribution in [-0.4, -0.2) is 47.1 Å². The second kappa shape index (κ2) is 4.65. The number of hydrogen-bond donors (Lipinski definition) is 3. The average Bonchev–Trinajstić information content (AvgIpc) is 2.82. The van der Waals surface area contributed by atoms with E-state index in [1.807, 2.05) is 0 Å². The van der Waals surface area contributed by atoms with E-state index in [9.17, 15) is 22.7 Å². The number of aliphatic hydroxyl groups is 2. The van der Waals surface area contributed by atoms with Gasteiger partial charge in [-0.3, -0.25) is 4.55 Å². The number of aliphatic hydroxyl groups excluding tert-OH is 1. The molecule has 2 rings (SSSR count). The fourth-order valence-electron chi connectivity index (χ4n) is 3.03. The van der Waals surface area contributed by atoms with E-state index in [-0.39, 0.29) is 18.4 Å². The van der Waals surface area contributed by atoms with Crippen LogP contribution in [0.3, 0.4) is 0 Å². The number of rotatable bonds is 4. The number of alkyl halides is 1. The standard InChI is InChI=1S/C10H15FO7S/c11-10(14,19(15,16)17)9(13)18-4-6-1-5-2-7(6)8(12)3-5/h5-8,12,14H,1-4H2,(H,15,16,17). The smallest absolute Gasteiger partial charge is 0.431 e. The Morgan fingerprint density at radius 1 is 1.37 bits per heavy atom. The topological polar surface area (TPSA) is 121 Å².